The highest BCUT2D eigenvalue weighted by atomic mass is 79.9. The fraction of sp³-hybridized carbons (Fsp3) is 0.0667. The minimum absolute atomic E-state index is 0.135. The van der Waals surface area contributed by atoms with Crippen LogP contribution in [0.4, 0.5) is 0 Å². The largest absolute Gasteiger partial charge is 0.320 e. The molecule has 0 saturated heterocycles. The number of rotatable bonds is 2. The second kappa shape index (κ2) is 5.25. The molecule has 0 amide bonds. The molecule has 2 aromatic carbocycles. The van der Waals surface area contributed by atoms with Crippen LogP contribution in [0.5, 0.6) is 0 Å². The summed E-state index contributed by atoms with van der Waals surface area (Å²) in [6, 6.07) is 14.0. The molecule has 0 aliphatic heterocycles. The van der Waals surface area contributed by atoms with Gasteiger partial charge in [-0.3, -0.25) is 0 Å². The van der Waals surface area contributed by atoms with Gasteiger partial charge in [0.05, 0.1) is 11.1 Å². The highest BCUT2D eigenvalue weighted by molar-refractivity contribution is 9.10. The molecule has 3 rings (SSSR count). The molecule has 1 aromatic heterocycles. The molecule has 1 heterocycles. The van der Waals surface area contributed by atoms with Crippen molar-refractivity contribution in [3.63, 3.8) is 0 Å². The number of thiophene rings is 1. The summed E-state index contributed by atoms with van der Waals surface area (Å²) in [7, 11) is 0. The number of benzene rings is 2. The summed E-state index contributed by atoms with van der Waals surface area (Å²) >= 11 is 11.2. The van der Waals surface area contributed by atoms with Gasteiger partial charge < -0.3 is 5.73 Å². The standard InChI is InChI=1S/C15H11BrClNS/c16-12-7-9(5-6-13(12)17)15(18)11-8-19-14-4-2-1-3-10(11)14/h1-8,15H,18H2. The van der Waals surface area contributed by atoms with E-state index >= 15 is 0 Å². The van der Waals surface area contributed by atoms with Crippen molar-refractivity contribution in [1.82, 2.24) is 0 Å². The molecule has 0 bridgehead atoms. The molecule has 1 unspecified atom stereocenters. The van der Waals surface area contributed by atoms with Crippen LogP contribution in [0.15, 0.2) is 52.3 Å². The molecular formula is C15H11BrClNS. The number of halogens is 2. The third kappa shape index (κ3) is 2.43. The lowest BCUT2D eigenvalue weighted by Crippen LogP contribution is -2.11. The Kier molecular flexibility index (Phi) is 3.63. The van der Waals surface area contributed by atoms with Crippen LogP contribution in [-0.2, 0) is 0 Å². The summed E-state index contributed by atoms with van der Waals surface area (Å²) < 4.78 is 2.14. The van der Waals surface area contributed by atoms with Gasteiger partial charge >= 0.3 is 0 Å². The minimum atomic E-state index is -0.135. The van der Waals surface area contributed by atoms with Gasteiger partial charge in [0.15, 0.2) is 0 Å². The maximum atomic E-state index is 6.39. The lowest BCUT2D eigenvalue weighted by Gasteiger charge is -2.12. The van der Waals surface area contributed by atoms with Crippen molar-refractivity contribution in [2.75, 3.05) is 0 Å². The van der Waals surface area contributed by atoms with Crippen LogP contribution < -0.4 is 5.73 Å². The van der Waals surface area contributed by atoms with E-state index in [2.05, 4.69) is 33.4 Å². The van der Waals surface area contributed by atoms with E-state index in [1.165, 1.54) is 10.1 Å². The fourth-order valence-corrected chi connectivity index (χ4v) is 3.64. The van der Waals surface area contributed by atoms with E-state index in [-0.39, 0.29) is 6.04 Å². The SMILES string of the molecule is NC(c1ccc(Cl)c(Br)c1)c1csc2ccccc12. The third-order valence-electron chi connectivity index (χ3n) is 3.15. The van der Waals surface area contributed by atoms with E-state index < -0.39 is 0 Å². The van der Waals surface area contributed by atoms with Crippen LogP contribution in [0.3, 0.4) is 0 Å². The predicted molar refractivity (Wildman–Crippen MR) is 87.0 cm³/mol. The smallest absolute Gasteiger partial charge is 0.0566 e. The van der Waals surface area contributed by atoms with Gasteiger partial charge in [-0.15, -0.1) is 11.3 Å². The molecule has 4 heteroatoms. The molecule has 0 saturated carbocycles. The van der Waals surface area contributed by atoms with Crippen molar-refractivity contribution >= 4 is 49.0 Å². The Morgan fingerprint density at radius 3 is 2.74 bits per heavy atom. The maximum Gasteiger partial charge on any atom is 0.0566 e. The molecule has 0 aliphatic rings. The summed E-state index contributed by atoms with van der Waals surface area (Å²) in [6.45, 7) is 0. The molecule has 19 heavy (non-hydrogen) atoms. The van der Waals surface area contributed by atoms with Crippen molar-refractivity contribution in [2.24, 2.45) is 5.73 Å². The second-order valence-corrected chi connectivity index (χ2v) is 6.51. The van der Waals surface area contributed by atoms with Gasteiger partial charge in [-0.2, -0.15) is 0 Å². The van der Waals surface area contributed by atoms with Crippen molar-refractivity contribution in [1.29, 1.82) is 0 Å². The Balaban J connectivity index is 2.08. The minimum Gasteiger partial charge on any atom is -0.320 e. The Bertz CT molecular complexity index is 738. The van der Waals surface area contributed by atoms with Gasteiger partial charge in [0, 0.05) is 9.17 Å². The first-order chi connectivity index (χ1) is 9.16. The predicted octanol–water partition coefficient (Wildman–Crippen LogP) is 5.37. The van der Waals surface area contributed by atoms with Crippen LogP contribution in [0.2, 0.25) is 5.02 Å². The lowest BCUT2D eigenvalue weighted by atomic mass is 9.99. The van der Waals surface area contributed by atoms with E-state index in [4.69, 9.17) is 17.3 Å². The van der Waals surface area contributed by atoms with Crippen molar-refractivity contribution in [3.05, 3.63) is 68.5 Å². The van der Waals surface area contributed by atoms with Crippen molar-refractivity contribution in [2.45, 2.75) is 6.04 Å². The van der Waals surface area contributed by atoms with Crippen LogP contribution in [-0.4, -0.2) is 0 Å². The molecule has 0 spiro atoms. The van der Waals surface area contributed by atoms with Crippen LogP contribution in [0.25, 0.3) is 10.1 Å². The van der Waals surface area contributed by atoms with E-state index in [9.17, 15) is 0 Å². The Labute approximate surface area is 129 Å². The lowest BCUT2D eigenvalue weighted by molar-refractivity contribution is 0.884. The van der Waals surface area contributed by atoms with E-state index in [1.807, 2.05) is 30.3 Å². The summed E-state index contributed by atoms with van der Waals surface area (Å²) in [5.74, 6) is 0. The normalized spacial score (nSPS) is 12.8. The highest BCUT2D eigenvalue weighted by Crippen LogP contribution is 2.34. The molecule has 0 fully saturated rings. The molecule has 96 valence electrons. The van der Waals surface area contributed by atoms with E-state index in [0.717, 1.165) is 15.6 Å². The number of hydrogen-bond donors (Lipinski definition) is 1. The molecule has 0 radical (unpaired) electrons. The van der Waals surface area contributed by atoms with Crippen LogP contribution in [0, 0.1) is 0 Å². The zero-order chi connectivity index (χ0) is 13.4. The van der Waals surface area contributed by atoms with Gasteiger partial charge in [0.25, 0.3) is 0 Å². The molecule has 1 nitrogen and oxygen atoms in total. The summed E-state index contributed by atoms with van der Waals surface area (Å²) in [4.78, 5) is 0. The first-order valence-electron chi connectivity index (χ1n) is 5.83. The zero-order valence-electron chi connectivity index (χ0n) is 9.94. The van der Waals surface area contributed by atoms with Crippen LogP contribution >= 0.6 is 38.9 Å². The molecule has 0 aliphatic carbocycles. The van der Waals surface area contributed by atoms with Crippen molar-refractivity contribution < 1.29 is 0 Å². The number of fused-ring (bicyclic) bond motifs is 1. The second-order valence-electron chi connectivity index (χ2n) is 4.34. The molecule has 3 aromatic rings. The first kappa shape index (κ1) is 13.1. The summed E-state index contributed by atoms with van der Waals surface area (Å²) in [6.07, 6.45) is 0. The Hall–Kier alpha value is -0.870. The number of hydrogen-bond acceptors (Lipinski definition) is 2. The fourth-order valence-electron chi connectivity index (χ4n) is 2.12. The average Bonchev–Trinajstić information content (AvgIpc) is 2.85. The Morgan fingerprint density at radius 2 is 1.95 bits per heavy atom. The van der Waals surface area contributed by atoms with Gasteiger partial charge in [-0.05, 0) is 56.0 Å². The summed E-state index contributed by atoms with van der Waals surface area (Å²) in [5, 5.41) is 4.06. The van der Waals surface area contributed by atoms with Gasteiger partial charge in [-0.1, -0.05) is 35.9 Å². The van der Waals surface area contributed by atoms with Crippen LogP contribution in [0.1, 0.15) is 17.2 Å². The first-order valence-corrected chi connectivity index (χ1v) is 7.88. The van der Waals surface area contributed by atoms with Gasteiger partial charge in [0.1, 0.15) is 0 Å². The van der Waals surface area contributed by atoms with E-state index in [1.54, 1.807) is 11.3 Å². The topological polar surface area (TPSA) is 26.0 Å². The third-order valence-corrected chi connectivity index (χ3v) is 5.34. The van der Waals surface area contributed by atoms with Gasteiger partial charge in [-0.25, -0.2) is 0 Å². The average molecular weight is 353 g/mol. The monoisotopic (exact) mass is 351 g/mol. The van der Waals surface area contributed by atoms with Crippen molar-refractivity contribution in [3.8, 4) is 0 Å². The number of nitrogens with two attached hydrogens (primary N) is 1. The zero-order valence-corrected chi connectivity index (χ0v) is 13.1. The molecule has 1 atom stereocenters. The molecule has 2 N–H and O–H groups in total. The summed E-state index contributed by atoms with van der Waals surface area (Å²) in [5.41, 5.74) is 8.61. The Morgan fingerprint density at radius 1 is 1.16 bits per heavy atom. The molecular weight excluding hydrogens is 342 g/mol. The highest BCUT2D eigenvalue weighted by Gasteiger charge is 2.14. The maximum absolute atomic E-state index is 6.39. The van der Waals surface area contributed by atoms with E-state index in [0.29, 0.717) is 5.02 Å². The van der Waals surface area contributed by atoms with Gasteiger partial charge in [0.2, 0.25) is 0 Å². The quantitative estimate of drug-likeness (QED) is 0.659.